The minimum atomic E-state index is -1.41. The zero-order chi connectivity index (χ0) is 34.3. The molecule has 2 rings (SSSR count). The second-order valence-electron chi connectivity index (χ2n) is 9.51. The van der Waals surface area contributed by atoms with Crippen LogP contribution in [0.25, 0.3) is 0 Å². The molecule has 0 unspecified atom stereocenters. The summed E-state index contributed by atoms with van der Waals surface area (Å²) in [5.41, 5.74) is -2.80. The second kappa shape index (κ2) is 22.1. The number of ether oxygens (including phenoxy) is 2. The van der Waals surface area contributed by atoms with Crippen LogP contribution in [0.3, 0.4) is 0 Å². The molecule has 16 heteroatoms. The molecule has 16 nitrogen and oxygen atoms in total. The number of carbonyl (C=O) groups is 6. The number of carboxylic acids is 2. The van der Waals surface area contributed by atoms with Gasteiger partial charge in [-0.15, -0.1) is 0 Å². The molecule has 44 heavy (non-hydrogen) atoms. The Bertz CT molecular complexity index is 1080. The standard InChI is InChI=1S/C11H18O6.2C6H8N2O.C5H10O4/c1-4-8(12)16-6-11(3,10(14)15)7-17-9(13)5-2;2*1-2-6(9)8-4-3-7-5-8;1-5(2-6,3-7)4(8)9/h4-7H2,1-3H3,(H,14,15);2*3-5H,2H2,1H3;6-7H,2-3H2,1H3,(H,8,9). The topological polar surface area (TPSA) is 237 Å². The molecule has 2 aromatic rings. The van der Waals surface area contributed by atoms with E-state index in [2.05, 4.69) is 9.97 Å². The van der Waals surface area contributed by atoms with Gasteiger partial charge in [-0.05, 0) is 13.8 Å². The first-order valence-electron chi connectivity index (χ1n) is 13.6. The van der Waals surface area contributed by atoms with Gasteiger partial charge in [0.1, 0.15) is 36.7 Å². The van der Waals surface area contributed by atoms with Crippen molar-refractivity contribution in [2.75, 3.05) is 26.4 Å². The van der Waals surface area contributed by atoms with Crippen LogP contribution in [0.4, 0.5) is 0 Å². The molecule has 0 fully saturated rings. The molecule has 0 aliphatic rings. The predicted molar refractivity (Wildman–Crippen MR) is 154 cm³/mol. The molecule has 0 aromatic carbocycles. The van der Waals surface area contributed by atoms with E-state index in [1.54, 1.807) is 38.6 Å². The Morgan fingerprint density at radius 2 is 0.977 bits per heavy atom. The van der Waals surface area contributed by atoms with Gasteiger partial charge in [-0.2, -0.15) is 0 Å². The van der Waals surface area contributed by atoms with Gasteiger partial charge in [0.25, 0.3) is 0 Å². The molecular weight excluding hydrogens is 584 g/mol. The Morgan fingerprint density at radius 1 is 0.636 bits per heavy atom. The summed E-state index contributed by atoms with van der Waals surface area (Å²) >= 11 is 0. The third kappa shape index (κ3) is 16.3. The molecule has 2 heterocycles. The molecule has 0 bridgehead atoms. The first kappa shape index (κ1) is 41.7. The smallest absolute Gasteiger partial charge is 0.316 e. The van der Waals surface area contributed by atoms with Crippen LogP contribution in [0.1, 0.15) is 76.8 Å². The van der Waals surface area contributed by atoms with Gasteiger partial charge in [0.15, 0.2) is 0 Å². The Hall–Kier alpha value is -4.44. The van der Waals surface area contributed by atoms with Crippen molar-refractivity contribution in [3.05, 3.63) is 37.4 Å². The Kier molecular flexibility index (Phi) is 21.0. The van der Waals surface area contributed by atoms with Crippen LogP contribution in [-0.2, 0) is 28.7 Å². The van der Waals surface area contributed by atoms with Crippen molar-refractivity contribution < 1.29 is 58.7 Å². The van der Waals surface area contributed by atoms with Gasteiger partial charge in [0.05, 0.1) is 13.2 Å². The highest BCUT2D eigenvalue weighted by Gasteiger charge is 2.36. The number of esters is 2. The van der Waals surface area contributed by atoms with E-state index < -0.39 is 47.9 Å². The number of hydrogen-bond acceptors (Lipinski definition) is 12. The largest absolute Gasteiger partial charge is 0.481 e. The summed E-state index contributed by atoms with van der Waals surface area (Å²) in [4.78, 5) is 72.2. The monoisotopic (exact) mass is 628 g/mol. The van der Waals surface area contributed by atoms with Crippen LogP contribution in [0.15, 0.2) is 37.4 Å². The van der Waals surface area contributed by atoms with Crippen LogP contribution in [0, 0.1) is 10.8 Å². The van der Waals surface area contributed by atoms with Crippen molar-refractivity contribution in [3.63, 3.8) is 0 Å². The van der Waals surface area contributed by atoms with Crippen LogP contribution in [0.2, 0.25) is 0 Å². The number of imidazole rings is 2. The Labute approximate surface area is 255 Å². The first-order chi connectivity index (χ1) is 20.6. The lowest BCUT2D eigenvalue weighted by Gasteiger charge is -2.23. The molecule has 0 atom stereocenters. The van der Waals surface area contributed by atoms with Gasteiger partial charge in [0, 0.05) is 50.5 Å². The van der Waals surface area contributed by atoms with Gasteiger partial charge in [0.2, 0.25) is 11.8 Å². The molecule has 4 N–H and O–H groups in total. The van der Waals surface area contributed by atoms with E-state index in [4.69, 9.17) is 29.9 Å². The van der Waals surface area contributed by atoms with E-state index in [0.29, 0.717) is 12.8 Å². The number of aliphatic hydroxyl groups excluding tert-OH is 2. The van der Waals surface area contributed by atoms with E-state index in [0.717, 1.165) is 0 Å². The lowest BCUT2D eigenvalue weighted by atomic mass is 9.93. The minimum Gasteiger partial charge on any atom is -0.481 e. The molecule has 0 saturated carbocycles. The number of aromatic nitrogens is 4. The van der Waals surface area contributed by atoms with Gasteiger partial charge >= 0.3 is 23.9 Å². The molecule has 0 spiro atoms. The third-order valence-electron chi connectivity index (χ3n) is 5.60. The highest BCUT2D eigenvalue weighted by molar-refractivity contribution is 5.78. The number of carbonyl (C=O) groups excluding carboxylic acids is 4. The molecular formula is C28H44N4O12. The normalized spacial score (nSPS) is 10.4. The van der Waals surface area contributed by atoms with Crippen molar-refractivity contribution in [1.82, 2.24) is 19.1 Å². The highest BCUT2D eigenvalue weighted by atomic mass is 16.6. The van der Waals surface area contributed by atoms with Crippen LogP contribution >= 0.6 is 0 Å². The van der Waals surface area contributed by atoms with Gasteiger partial charge in [-0.25, -0.2) is 9.97 Å². The fraction of sp³-hybridized carbons (Fsp3) is 0.571. The second-order valence-corrected chi connectivity index (χ2v) is 9.51. The molecule has 0 amide bonds. The van der Waals surface area contributed by atoms with E-state index in [-0.39, 0.29) is 37.9 Å². The highest BCUT2D eigenvalue weighted by Crippen LogP contribution is 2.18. The van der Waals surface area contributed by atoms with Crippen molar-refractivity contribution in [1.29, 1.82) is 0 Å². The van der Waals surface area contributed by atoms with Crippen LogP contribution in [-0.4, -0.2) is 102 Å². The SMILES string of the molecule is CC(CO)(CO)C(=O)O.CCC(=O)OCC(C)(COC(=O)CC)C(=O)O.CCC(=O)n1ccnc1.CCC(=O)n1ccnc1. The summed E-state index contributed by atoms with van der Waals surface area (Å²) in [5, 5.41) is 34.2. The molecule has 0 aliphatic heterocycles. The van der Waals surface area contributed by atoms with E-state index in [9.17, 15) is 28.8 Å². The fourth-order valence-corrected chi connectivity index (χ4v) is 2.21. The average Bonchev–Trinajstić information content (AvgIpc) is 3.77. The lowest BCUT2D eigenvalue weighted by molar-refractivity contribution is -0.165. The van der Waals surface area contributed by atoms with E-state index in [1.807, 2.05) is 13.8 Å². The average molecular weight is 629 g/mol. The van der Waals surface area contributed by atoms with Crippen molar-refractivity contribution in [2.45, 2.75) is 67.2 Å². The Morgan fingerprint density at radius 3 is 1.16 bits per heavy atom. The number of carboxylic acid groups (broad SMARTS) is 2. The van der Waals surface area contributed by atoms with Gasteiger partial charge < -0.3 is 29.9 Å². The number of hydrogen-bond donors (Lipinski definition) is 4. The minimum absolute atomic E-state index is 0.0764. The third-order valence-corrected chi connectivity index (χ3v) is 5.60. The molecule has 0 radical (unpaired) electrons. The number of nitrogens with zero attached hydrogens (tertiary/aromatic N) is 4. The number of aliphatic hydroxyl groups is 2. The lowest BCUT2D eigenvalue weighted by Crippen LogP contribution is -2.38. The molecule has 2 aromatic heterocycles. The maximum absolute atomic E-state index is 11.0. The number of rotatable bonds is 12. The summed E-state index contributed by atoms with van der Waals surface area (Å²) in [7, 11) is 0. The zero-order valence-electron chi connectivity index (χ0n) is 26.0. The maximum Gasteiger partial charge on any atom is 0.316 e. The quantitative estimate of drug-likeness (QED) is 0.246. The summed E-state index contributed by atoms with van der Waals surface area (Å²) in [6.07, 6.45) is 10.9. The summed E-state index contributed by atoms with van der Waals surface area (Å²) in [5.74, 6) is -3.18. The molecule has 248 valence electrons. The Balaban J connectivity index is 0. The molecule has 0 saturated heterocycles. The zero-order valence-corrected chi connectivity index (χ0v) is 26.0. The number of aliphatic carboxylic acids is 2. The van der Waals surface area contributed by atoms with E-state index in [1.165, 1.54) is 35.6 Å². The predicted octanol–water partition coefficient (Wildman–Crippen LogP) is 1.91. The van der Waals surface area contributed by atoms with Crippen LogP contribution in [0.5, 0.6) is 0 Å². The van der Waals surface area contributed by atoms with Crippen LogP contribution < -0.4 is 0 Å². The van der Waals surface area contributed by atoms with Gasteiger partial charge in [-0.1, -0.05) is 27.7 Å². The van der Waals surface area contributed by atoms with Crippen molar-refractivity contribution in [2.24, 2.45) is 10.8 Å². The fourth-order valence-electron chi connectivity index (χ4n) is 2.21. The summed E-state index contributed by atoms with van der Waals surface area (Å²) < 4.78 is 12.5. The van der Waals surface area contributed by atoms with Crippen molar-refractivity contribution in [3.8, 4) is 0 Å². The summed E-state index contributed by atoms with van der Waals surface area (Å²) in [6.45, 7) is 7.78. The first-order valence-corrected chi connectivity index (χ1v) is 13.6. The van der Waals surface area contributed by atoms with Crippen molar-refractivity contribution >= 4 is 35.7 Å². The summed E-state index contributed by atoms with van der Waals surface area (Å²) in [6, 6.07) is 0. The maximum atomic E-state index is 11.0. The van der Waals surface area contributed by atoms with E-state index >= 15 is 0 Å². The molecule has 0 aliphatic carbocycles. The van der Waals surface area contributed by atoms with Gasteiger partial charge in [-0.3, -0.25) is 37.9 Å².